The summed E-state index contributed by atoms with van der Waals surface area (Å²) in [6.07, 6.45) is 5.30. The molecule has 2 aliphatic carbocycles. The molecule has 3 aliphatic rings. The van der Waals surface area contributed by atoms with Crippen LogP contribution in [0.25, 0.3) is 0 Å². The van der Waals surface area contributed by atoms with Gasteiger partial charge in [0, 0.05) is 30.0 Å². The number of carbonyl (C=O) groups excluding carboxylic acids is 1. The SMILES string of the molecule is COC1=C[C@]2(CCC1=O)C[C@H]1c3c(cc(OC)c(OC)c32)CCN1C. The quantitative estimate of drug-likeness (QED) is 0.845. The van der Waals surface area contributed by atoms with Gasteiger partial charge in [0.15, 0.2) is 23.0 Å². The Morgan fingerprint density at radius 1 is 1.16 bits per heavy atom. The lowest BCUT2D eigenvalue weighted by molar-refractivity contribution is -0.119. The van der Waals surface area contributed by atoms with Crippen molar-refractivity contribution in [1.29, 1.82) is 0 Å². The molecule has 0 bridgehead atoms. The van der Waals surface area contributed by atoms with E-state index >= 15 is 0 Å². The fourth-order valence-corrected chi connectivity index (χ4v) is 4.92. The van der Waals surface area contributed by atoms with E-state index in [1.54, 1.807) is 21.3 Å². The average molecular weight is 343 g/mol. The molecule has 0 N–H and O–H groups in total. The molecule has 1 aromatic rings. The number of likely N-dealkylation sites (N-methyl/N-ethyl adjacent to an activating group) is 1. The summed E-state index contributed by atoms with van der Waals surface area (Å²) in [7, 11) is 7.14. The van der Waals surface area contributed by atoms with Crippen molar-refractivity contribution >= 4 is 5.78 Å². The Morgan fingerprint density at radius 3 is 2.64 bits per heavy atom. The van der Waals surface area contributed by atoms with Gasteiger partial charge in [0.25, 0.3) is 0 Å². The third-order valence-electron chi connectivity index (χ3n) is 6.15. The number of ketones is 1. The minimum Gasteiger partial charge on any atom is -0.493 e. The highest BCUT2D eigenvalue weighted by Crippen LogP contribution is 2.59. The minimum absolute atomic E-state index is 0.0865. The number of fused-ring (bicyclic) bond motifs is 1. The molecular formula is C20H25NO4. The highest BCUT2D eigenvalue weighted by Gasteiger charge is 2.51. The van der Waals surface area contributed by atoms with Gasteiger partial charge in [0.05, 0.1) is 21.3 Å². The van der Waals surface area contributed by atoms with Crippen molar-refractivity contribution in [3.63, 3.8) is 0 Å². The third-order valence-corrected chi connectivity index (χ3v) is 6.15. The van der Waals surface area contributed by atoms with Crippen molar-refractivity contribution in [2.45, 2.75) is 37.1 Å². The van der Waals surface area contributed by atoms with Gasteiger partial charge in [-0.05, 0) is 49.6 Å². The number of methoxy groups -OCH3 is 3. The average Bonchev–Trinajstić information content (AvgIpc) is 2.96. The van der Waals surface area contributed by atoms with Crippen molar-refractivity contribution < 1.29 is 19.0 Å². The second-order valence-corrected chi connectivity index (χ2v) is 7.30. The lowest BCUT2D eigenvalue weighted by atomic mass is 9.73. The molecule has 2 atom stereocenters. The topological polar surface area (TPSA) is 48.0 Å². The Labute approximate surface area is 148 Å². The van der Waals surface area contributed by atoms with Gasteiger partial charge in [0.1, 0.15) is 0 Å². The standard InChI is InChI=1S/C20H25NO4/c1-21-8-6-12-9-15(23-2)19(25-4)18-17(12)13(21)10-20(18)7-5-14(22)16(11-20)24-3/h9,11,13H,5-8,10H2,1-4H3/t13-,20-/m0/s1. The maximum atomic E-state index is 12.2. The Balaban J connectivity index is 2.01. The molecule has 5 heteroatoms. The van der Waals surface area contributed by atoms with Crippen LogP contribution in [-0.2, 0) is 21.4 Å². The first-order valence-electron chi connectivity index (χ1n) is 8.83. The van der Waals surface area contributed by atoms with Gasteiger partial charge in [-0.2, -0.15) is 0 Å². The number of hydrogen-bond acceptors (Lipinski definition) is 5. The number of Topliss-reactive ketones (excluding diaryl/α,β-unsaturated/α-hetero) is 1. The normalized spacial score (nSPS) is 27.9. The van der Waals surface area contributed by atoms with Crippen molar-refractivity contribution in [2.75, 3.05) is 34.9 Å². The number of benzene rings is 1. The van der Waals surface area contributed by atoms with E-state index in [4.69, 9.17) is 14.2 Å². The summed E-state index contributed by atoms with van der Waals surface area (Å²) in [5.74, 6) is 2.15. The van der Waals surface area contributed by atoms with Crippen LogP contribution >= 0.6 is 0 Å². The van der Waals surface area contributed by atoms with Crippen LogP contribution in [0, 0.1) is 0 Å². The summed E-state index contributed by atoms with van der Waals surface area (Å²) in [6.45, 7) is 1.03. The van der Waals surface area contributed by atoms with Crippen LogP contribution in [0.5, 0.6) is 11.5 Å². The van der Waals surface area contributed by atoms with E-state index in [-0.39, 0.29) is 11.2 Å². The van der Waals surface area contributed by atoms with Gasteiger partial charge in [-0.1, -0.05) is 0 Å². The van der Waals surface area contributed by atoms with Crippen molar-refractivity contribution in [2.24, 2.45) is 0 Å². The molecule has 0 saturated heterocycles. The Kier molecular flexibility index (Phi) is 3.80. The summed E-state index contributed by atoms with van der Waals surface area (Å²) in [6, 6.07) is 2.48. The fraction of sp³-hybridized carbons (Fsp3) is 0.550. The summed E-state index contributed by atoms with van der Waals surface area (Å²) in [5, 5.41) is 0. The monoisotopic (exact) mass is 343 g/mol. The van der Waals surface area contributed by atoms with Gasteiger partial charge < -0.3 is 14.2 Å². The Bertz CT molecular complexity index is 769. The van der Waals surface area contributed by atoms with Gasteiger partial charge in [-0.3, -0.25) is 9.69 Å². The highest BCUT2D eigenvalue weighted by atomic mass is 16.5. The van der Waals surface area contributed by atoms with E-state index in [0.717, 1.165) is 37.3 Å². The molecule has 0 amide bonds. The number of nitrogens with zero attached hydrogens (tertiary/aromatic N) is 1. The zero-order valence-corrected chi connectivity index (χ0v) is 15.3. The lowest BCUT2D eigenvalue weighted by Crippen LogP contribution is -2.32. The van der Waals surface area contributed by atoms with Crippen LogP contribution in [-0.4, -0.2) is 45.6 Å². The fourth-order valence-electron chi connectivity index (χ4n) is 4.92. The van der Waals surface area contributed by atoms with E-state index in [0.29, 0.717) is 18.2 Å². The van der Waals surface area contributed by atoms with E-state index in [2.05, 4.69) is 18.0 Å². The first-order chi connectivity index (χ1) is 12.0. The molecule has 25 heavy (non-hydrogen) atoms. The van der Waals surface area contributed by atoms with Crippen molar-refractivity contribution in [3.8, 4) is 11.5 Å². The van der Waals surface area contributed by atoms with Gasteiger partial charge in [0.2, 0.25) is 0 Å². The maximum Gasteiger partial charge on any atom is 0.197 e. The van der Waals surface area contributed by atoms with E-state index in [1.165, 1.54) is 16.7 Å². The molecule has 1 spiro atoms. The van der Waals surface area contributed by atoms with Crippen LogP contribution in [0.4, 0.5) is 0 Å². The molecule has 134 valence electrons. The van der Waals surface area contributed by atoms with Crippen LogP contribution in [0.15, 0.2) is 17.9 Å². The zero-order valence-electron chi connectivity index (χ0n) is 15.3. The summed E-state index contributed by atoms with van der Waals surface area (Å²) >= 11 is 0. The van der Waals surface area contributed by atoms with Gasteiger partial charge in [-0.15, -0.1) is 0 Å². The molecule has 1 aromatic carbocycles. The molecule has 0 unspecified atom stereocenters. The highest BCUT2D eigenvalue weighted by molar-refractivity contribution is 5.95. The van der Waals surface area contributed by atoms with Crippen LogP contribution in [0.2, 0.25) is 0 Å². The van der Waals surface area contributed by atoms with Gasteiger partial charge >= 0.3 is 0 Å². The van der Waals surface area contributed by atoms with E-state index in [9.17, 15) is 4.79 Å². The molecule has 4 rings (SSSR count). The molecule has 0 radical (unpaired) electrons. The minimum atomic E-state index is -0.230. The second kappa shape index (κ2) is 5.77. The molecule has 1 aliphatic heterocycles. The second-order valence-electron chi connectivity index (χ2n) is 7.30. The number of ether oxygens (including phenoxy) is 3. The number of hydrogen-bond donors (Lipinski definition) is 0. The van der Waals surface area contributed by atoms with Crippen LogP contribution < -0.4 is 9.47 Å². The third kappa shape index (κ3) is 2.21. The first kappa shape index (κ1) is 16.5. The Morgan fingerprint density at radius 2 is 1.96 bits per heavy atom. The summed E-state index contributed by atoms with van der Waals surface area (Å²) < 4.78 is 16.9. The Hall–Kier alpha value is -2.01. The number of allylic oxidation sites excluding steroid dienone is 2. The van der Waals surface area contributed by atoms with Crippen molar-refractivity contribution in [1.82, 2.24) is 4.90 Å². The van der Waals surface area contributed by atoms with E-state index in [1.807, 2.05) is 6.08 Å². The summed E-state index contributed by atoms with van der Waals surface area (Å²) in [5.41, 5.74) is 3.68. The lowest BCUT2D eigenvalue weighted by Gasteiger charge is -2.33. The number of rotatable bonds is 3. The smallest absolute Gasteiger partial charge is 0.197 e. The van der Waals surface area contributed by atoms with Crippen LogP contribution in [0.1, 0.15) is 42.0 Å². The van der Waals surface area contributed by atoms with Crippen molar-refractivity contribution in [3.05, 3.63) is 34.6 Å². The molecular weight excluding hydrogens is 318 g/mol. The van der Waals surface area contributed by atoms with E-state index < -0.39 is 0 Å². The molecule has 1 heterocycles. The number of carbonyl (C=O) groups is 1. The summed E-state index contributed by atoms with van der Waals surface area (Å²) in [4.78, 5) is 14.6. The maximum absolute atomic E-state index is 12.2. The zero-order chi connectivity index (χ0) is 17.8. The molecule has 5 nitrogen and oxygen atoms in total. The predicted molar refractivity (Wildman–Crippen MR) is 94.2 cm³/mol. The molecule has 0 fully saturated rings. The van der Waals surface area contributed by atoms with Crippen LogP contribution in [0.3, 0.4) is 0 Å². The first-order valence-corrected chi connectivity index (χ1v) is 8.83. The van der Waals surface area contributed by atoms with Gasteiger partial charge in [-0.25, -0.2) is 0 Å². The molecule has 0 saturated carbocycles. The predicted octanol–water partition coefficient (Wildman–Crippen LogP) is 2.77. The molecule has 0 aromatic heterocycles. The largest absolute Gasteiger partial charge is 0.493 e.